The van der Waals surface area contributed by atoms with Gasteiger partial charge in [-0.25, -0.2) is 19.2 Å². The molecule has 2 aliphatic heterocycles. The number of aromatic nitrogens is 4. The Morgan fingerprint density at radius 2 is 1.84 bits per heavy atom. The van der Waals surface area contributed by atoms with E-state index in [1.807, 2.05) is 26.8 Å². The van der Waals surface area contributed by atoms with Crippen molar-refractivity contribution in [2.24, 2.45) is 0 Å². The second-order valence-electron chi connectivity index (χ2n) is 10.6. The van der Waals surface area contributed by atoms with Crippen LogP contribution in [0.1, 0.15) is 32.0 Å². The van der Waals surface area contributed by atoms with Crippen molar-refractivity contribution < 1.29 is 18.7 Å². The molecule has 0 bridgehead atoms. The minimum absolute atomic E-state index is 0.128. The van der Waals surface area contributed by atoms with Crippen LogP contribution in [-0.4, -0.2) is 55.5 Å². The lowest BCUT2D eigenvalue weighted by molar-refractivity contribution is -0.129. The van der Waals surface area contributed by atoms with Gasteiger partial charge in [0.25, 0.3) is 0 Å². The molecule has 0 saturated carbocycles. The Labute approximate surface area is 218 Å². The molecule has 4 aromatic rings. The van der Waals surface area contributed by atoms with E-state index in [1.165, 1.54) is 18.5 Å². The monoisotopic (exact) mass is 512 g/mol. The molecule has 2 aliphatic rings. The third kappa shape index (κ3) is 3.84. The summed E-state index contributed by atoms with van der Waals surface area (Å²) in [4.78, 5) is 47.1. The quantitative estimate of drug-likeness (QED) is 0.404. The summed E-state index contributed by atoms with van der Waals surface area (Å²) >= 11 is 0. The number of pyridine rings is 2. The Kier molecular flexibility index (Phi) is 5.37. The molecule has 0 N–H and O–H groups in total. The lowest BCUT2D eigenvalue weighted by Crippen LogP contribution is -2.65. The molecular weight excluding hydrogens is 487 g/mol. The second-order valence-corrected chi connectivity index (χ2v) is 10.6. The standard InChI is InChI=1S/C28H25FN6O3/c1-27(2,3)38-26(37)34-14-28(15-34)21-6-7-30-12-23(21)35(25(28)36)13-22-24(18-9-31-16-32-10-18)20-5-4-19(29)8-17(20)11-33-22/h4-12,16H,13-15H2,1-3H3. The van der Waals surface area contributed by atoms with E-state index in [-0.39, 0.29) is 31.4 Å². The van der Waals surface area contributed by atoms with Crippen LogP contribution in [0.25, 0.3) is 21.9 Å². The molecule has 1 aromatic carbocycles. The van der Waals surface area contributed by atoms with E-state index < -0.39 is 17.1 Å². The maximum atomic E-state index is 14.0. The molecule has 1 spiro atoms. The molecule has 0 radical (unpaired) electrons. The summed E-state index contributed by atoms with van der Waals surface area (Å²) in [7, 11) is 0. The number of hydrogen-bond acceptors (Lipinski definition) is 7. The van der Waals surface area contributed by atoms with Gasteiger partial charge in [0.2, 0.25) is 5.91 Å². The number of amides is 2. The van der Waals surface area contributed by atoms with Crippen molar-refractivity contribution in [2.75, 3.05) is 18.0 Å². The first-order valence-electron chi connectivity index (χ1n) is 12.2. The van der Waals surface area contributed by atoms with Crippen LogP contribution in [0.4, 0.5) is 14.9 Å². The maximum absolute atomic E-state index is 14.0. The van der Waals surface area contributed by atoms with Crippen molar-refractivity contribution in [1.29, 1.82) is 0 Å². The van der Waals surface area contributed by atoms with Gasteiger partial charge in [-0.15, -0.1) is 0 Å². The normalized spacial score (nSPS) is 16.1. The summed E-state index contributed by atoms with van der Waals surface area (Å²) in [5, 5.41) is 1.41. The first-order valence-corrected chi connectivity index (χ1v) is 12.2. The molecule has 0 atom stereocenters. The van der Waals surface area contributed by atoms with E-state index in [9.17, 15) is 14.0 Å². The molecule has 38 heavy (non-hydrogen) atoms. The van der Waals surface area contributed by atoms with E-state index in [1.54, 1.807) is 46.9 Å². The molecule has 9 nitrogen and oxygen atoms in total. The predicted molar refractivity (Wildman–Crippen MR) is 138 cm³/mol. The zero-order valence-corrected chi connectivity index (χ0v) is 21.2. The minimum atomic E-state index is -0.870. The van der Waals surface area contributed by atoms with Gasteiger partial charge >= 0.3 is 6.09 Å². The second kappa shape index (κ2) is 8.54. The summed E-state index contributed by atoms with van der Waals surface area (Å²) in [6.07, 6.45) is 9.26. The molecule has 0 aliphatic carbocycles. The highest BCUT2D eigenvalue weighted by molar-refractivity contribution is 6.10. The van der Waals surface area contributed by atoms with Gasteiger partial charge in [-0.05, 0) is 49.9 Å². The van der Waals surface area contributed by atoms with E-state index >= 15 is 0 Å². The van der Waals surface area contributed by atoms with Crippen molar-refractivity contribution in [2.45, 2.75) is 38.3 Å². The molecule has 2 amide bonds. The fourth-order valence-electron chi connectivity index (χ4n) is 5.27. The van der Waals surface area contributed by atoms with Crippen LogP contribution in [0.3, 0.4) is 0 Å². The lowest BCUT2D eigenvalue weighted by atomic mass is 9.75. The smallest absolute Gasteiger partial charge is 0.410 e. The van der Waals surface area contributed by atoms with Crippen molar-refractivity contribution in [3.05, 3.63) is 78.7 Å². The van der Waals surface area contributed by atoms with E-state index in [2.05, 4.69) is 19.9 Å². The number of ether oxygens (including phenoxy) is 1. The van der Waals surface area contributed by atoms with Crippen LogP contribution in [-0.2, 0) is 21.5 Å². The SMILES string of the molecule is CC(C)(C)OC(=O)N1CC2(C1)C(=O)N(Cc1ncc3cc(F)ccc3c1-c1cncnc1)c1cnccc12. The summed E-state index contributed by atoms with van der Waals surface area (Å²) in [5.41, 5.74) is 2.05. The zero-order valence-electron chi connectivity index (χ0n) is 21.2. The number of nitrogens with zero attached hydrogens (tertiary/aromatic N) is 6. The number of carbonyl (C=O) groups is 2. The highest BCUT2D eigenvalue weighted by Crippen LogP contribution is 2.48. The van der Waals surface area contributed by atoms with Gasteiger partial charge in [-0.3, -0.25) is 14.8 Å². The largest absolute Gasteiger partial charge is 0.444 e. The van der Waals surface area contributed by atoms with Crippen LogP contribution < -0.4 is 4.90 Å². The molecular formula is C28H25FN6O3. The summed E-state index contributed by atoms with van der Waals surface area (Å²) in [6, 6.07) is 6.36. The first kappa shape index (κ1) is 23.9. The van der Waals surface area contributed by atoms with Gasteiger partial charge in [0.15, 0.2) is 0 Å². The van der Waals surface area contributed by atoms with E-state index in [4.69, 9.17) is 4.74 Å². The zero-order chi connectivity index (χ0) is 26.7. The Bertz CT molecular complexity index is 1580. The Morgan fingerprint density at radius 1 is 1.08 bits per heavy atom. The summed E-state index contributed by atoms with van der Waals surface area (Å²) in [5.74, 6) is -0.491. The highest BCUT2D eigenvalue weighted by atomic mass is 19.1. The van der Waals surface area contributed by atoms with Crippen LogP contribution in [0, 0.1) is 5.82 Å². The number of carbonyl (C=O) groups excluding carboxylic acids is 2. The molecule has 6 rings (SSSR count). The van der Waals surface area contributed by atoms with Gasteiger partial charge in [0, 0.05) is 54.4 Å². The van der Waals surface area contributed by atoms with Crippen LogP contribution >= 0.6 is 0 Å². The van der Waals surface area contributed by atoms with Gasteiger partial charge in [0.05, 0.1) is 24.1 Å². The van der Waals surface area contributed by atoms with E-state index in [0.29, 0.717) is 22.3 Å². The van der Waals surface area contributed by atoms with Crippen molar-refractivity contribution in [3.63, 3.8) is 0 Å². The maximum Gasteiger partial charge on any atom is 0.410 e. The lowest BCUT2D eigenvalue weighted by Gasteiger charge is -2.46. The molecule has 1 saturated heterocycles. The molecule has 0 unspecified atom stereocenters. The van der Waals surface area contributed by atoms with E-state index in [0.717, 1.165) is 16.5 Å². The van der Waals surface area contributed by atoms with Crippen LogP contribution in [0.2, 0.25) is 0 Å². The number of fused-ring (bicyclic) bond motifs is 3. The van der Waals surface area contributed by atoms with Gasteiger partial charge in [0.1, 0.15) is 23.2 Å². The van der Waals surface area contributed by atoms with Crippen molar-refractivity contribution in [3.8, 4) is 11.1 Å². The molecule has 3 aromatic heterocycles. The number of rotatable bonds is 3. The topological polar surface area (TPSA) is 101 Å². The molecule has 1 fully saturated rings. The van der Waals surface area contributed by atoms with Crippen LogP contribution in [0.15, 0.2) is 61.6 Å². The summed E-state index contributed by atoms with van der Waals surface area (Å²) < 4.78 is 19.5. The summed E-state index contributed by atoms with van der Waals surface area (Å²) in [6.45, 7) is 6.03. The number of anilines is 1. The molecule has 5 heterocycles. The average Bonchev–Trinajstić information content (AvgIpc) is 3.10. The molecule has 10 heteroatoms. The third-order valence-corrected chi connectivity index (χ3v) is 6.92. The Morgan fingerprint density at radius 3 is 2.58 bits per heavy atom. The van der Waals surface area contributed by atoms with Gasteiger partial charge in [-0.2, -0.15) is 0 Å². The van der Waals surface area contributed by atoms with Gasteiger partial charge < -0.3 is 14.5 Å². The fraction of sp³-hybridized carbons (Fsp3) is 0.286. The average molecular weight is 513 g/mol. The first-order chi connectivity index (χ1) is 18.2. The van der Waals surface area contributed by atoms with Crippen molar-refractivity contribution >= 4 is 28.5 Å². The predicted octanol–water partition coefficient (Wildman–Crippen LogP) is 4.26. The number of halogens is 1. The molecule has 192 valence electrons. The van der Waals surface area contributed by atoms with Crippen LogP contribution in [0.5, 0.6) is 0 Å². The Balaban J connectivity index is 1.38. The van der Waals surface area contributed by atoms with Gasteiger partial charge in [-0.1, -0.05) is 6.07 Å². The number of benzene rings is 1. The number of hydrogen-bond donors (Lipinski definition) is 0. The third-order valence-electron chi connectivity index (χ3n) is 6.92. The fourth-order valence-corrected chi connectivity index (χ4v) is 5.27. The highest BCUT2D eigenvalue weighted by Gasteiger charge is 2.60. The number of likely N-dealkylation sites (tertiary alicyclic amines) is 1. The van der Waals surface area contributed by atoms with Crippen molar-refractivity contribution in [1.82, 2.24) is 24.8 Å². The minimum Gasteiger partial charge on any atom is -0.444 e. The Hall–Kier alpha value is -4.47.